The first-order valence-electron chi connectivity index (χ1n) is 11.9. The van der Waals surface area contributed by atoms with Gasteiger partial charge in [0.25, 0.3) is 0 Å². The van der Waals surface area contributed by atoms with Crippen LogP contribution < -0.4 is 10.6 Å². The number of benzene rings is 2. The van der Waals surface area contributed by atoms with Gasteiger partial charge in [-0.2, -0.15) is 0 Å². The molecule has 0 saturated carbocycles. The van der Waals surface area contributed by atoms with Crippen LogP contribution in [0.1, 0.15) is 31.4 Å². The molecular weight excluding hydrogens is 512 g/mol. The van der Waals surface area contributed by atoms with Crippen molar-refractivity contribution in [1.29, 1.82) is 0 Å². The molecule has 8 nitrogen and oxygen atoms in total. The first-order chi connectivity index (χ1) is 17.6. The third kappa shape index (κ3) is 12.2. The maximum absolute atomic E-state index is 12.1. The topological polar surface area (TPSA) is 111 Å². The summed E-state index contributed by atoms with van der Waals surface area (Å²) in [5.74, 6) is -0.994. The van der Waals surface area contributed by atoms with Gasteiger partial charge in [-0.1, -0.05) is 35.4 Å². The minimum atomic E-state index is -0.506. The summed E-state index contributed by atoms with van der Waals surface area (Å²) >= 11 is 2.38. The Morgan fingerprint density at radius 1 is 0.676 bits per heavy atom. The molecule has 2 aromatic rings. The van der Waals surface area contributed by atoms with Crippen LogP contribution in [0, 0.1) is 13.8 Å². The maximum Gasteiger partial charge on any atom is 0.318 e. The molecule has 0 heterocycles. The van der Waals surface area contributed by atoms with Crippen molar-refractivity contribution in [3.8, 4) is 0 Å². The molecule has 0 unspecified atom stereocenters. The van der Waals surface area contributed by atoms with Gasteiger partial charge >= 0.3 is 11.9 Å². The van der Waals surface area contributed by atoms with Crippen molar-refractivity contribution in [1.82, 2.24) is 0 Å². The number of anilines is 2. The van der Waals surface area contributed by atoms with Crippen molar-refractivity contribution in [2.24, 2.45) is 0 Å². The van der Waals surface area contributed by atoms with Crippen LogP contribution in [0.3, 0.4) is 0 Å². The van der Waals surface area contributed by atoms with Gasteiger partial charge in [-0.05, 0) is 52.0 Å². The Morgan fingerprint density at radius 2 is 1.03 bits per heavy atom. The standard InChI is InChI=1S/C27H34N2O6S2/c1-18-6-10-22(11-7-18)28-24(30)16-36-20(3)26(32)34-14-5-15-35-27(33)21(4)37-17-25(31)29-23-12-8-19(2)9-13-23/h6-13,20-21H,5,14-17H2,1-4H3,(H,28,30)(H,29,31)/t20-,21+. The van der Waals surface area contributed by atoms with Gasteiger partial charge in [0, 0.05) is 17.8 Å². The number of thioether (sulfide) groups is 2. The van der Waals surface area contributed by atoms with Crippen LogP contribution in [0.4, 0.5) is 11.4 Å². The Balaban J connectivity index is 1.54. The van der Waals surface area contributed by atoms with Gasteiger partial charge < -0.3 is 20.1 Å². The lowest BCUT2D eigenvalue weighted by molar-refractivity contribution is -0.145. The molecule has 0 aliphatic carbocycles. The van der Waals surface area contributed by atoms with Crippen molar-refractivity contribution in [3.05, 3.63) is 59.7 Å². The highest BCUT2D eigenvalue weighted by atomic mass is 32.2. The van der Waals surface area contributed by atoms with Crippen molar-refractivity contribution in [3.63, 3.8) is 0 Å². The second-order valence-electron chi connectivity index (χ2n) is 8.42. The van der Waals surface area contributed by atoms with E-state index in [2.05, 4.69) is 10.6 Å². The minimum Gasteiger partial charge on any atom is -0.465 e. The van der Waals surface area contributed by atoms with Crippen LogP contribution in [0.5, 0.6) is 0 Å². The van der Waals surface area contributed by atoms with Crippen LogP contribution in [0.2, 0.25) is 0 Å². The monoisotopic (exact) mass is 546 g/mol. The molecule has 0 fully saturated rings. The molecule has 0 radical (unpaired) electrons. The zero-order valence-corrected chi connectivity index (χ0v) is 23.2. The molecule has 2 N–H and O–H groups in total. The van der Waals surface area contributed by atoms with Gasteiger partial charge in [0.1, 0.15) is 10.5 Å². The van der Waals surface area contributed by atoms with Crippen LogP contribution in [0.15, 0.2) is 48.5 Å². The Bertz CT molecular complexity index is 960. The number of esters is 2. The molecule has 200 valence electrons. The molecule has 0 aliphatic heterocycles. The number of ether oxygens (including phenoxy) is 2. The Kier molecular flexibility index (Phi) is 13.1. The molecule has 2 rings (SSSR count). The minimum absolute atomic E-state index is 0.104. The van der Waals surface area contributed by atoms with Gasteiger partial charge in [-0.25, -0.2) is 0 Å². The van der Waals surface area contributed by atoms with Gasteiger partial charge in [0.15, 0.2) is 0 Å². The fraction of sp³-hybridized carbons (Fsp3) is 0.407. The summed E-state index contributed by atoms with van der Waals surface area (Å²) in [6, 6.07) is 14.9. The summed E-state index contributed by atoms with van der Waals surface area (Å²) in [5, 5.41) is 4.56. The van der Waals surface area contributed by atoms with E-state index in [0.717, 1.165) is 11.1 Å². The third-order valence-corrected chi connectivity index (χ3v) is 7.28. The summed E-state index contributed by atoms with van der Waals surface area (Å²) in [7, 11) is 0. The van der Waals surface area contributed by atoms with Crippen molar-refractivity contribution < 1.29 is 28.7 Å². The second kappa shape index (κ2) is 16.0. The van der Waals surface area contributed by atoms with E-state index in [0.29, 0.717) is 17.8 Å². The van der Waals surface area contributed by atoms with E-state index in [1.54, 1.807) is 13.8 Å². The zero-order chi connectivity index (χ0) is 27.2. The van der Waals surface area contributed by atoms with Gasteiger partial charge in [-0.15, -0.1) is 23.5 Å². The molecule has 2 aromatic carbocycles. The molecular formula is C27H34N2O6S2. The van der Waals surface area contributed by atoms with Gasteiger partial charge in [0.05, 0.1) is 24.7 Å². The summed E-state index contributed by atoms with van der Waals surface area (Å²) < 4.78 is 10.4. The number of carbonyl (C=O) groups excluding carboxylic acids is 4. The van der Waals surface area contributed by atoms with Gasteiger partial charge in [-0.3, -0.25) is 19.2 Å². The number of hydrogen-bond donors (Lipinski definition) is 2. The number of aryl methyl sites for hydroxylation is 2. The summed E-state index contributed by atoms with van der Waals surface area (Å²) in [6.45, 7) is 7.50. The average Bonchev–Trinajstić information content (AvgIpc) is 2.88. The van der Waals surface area contributed by atoms with Gasteiger partial charge in [0.2, 0.25) is 11.8 Å². The maximum atomic E-state index is 12.1. The highest BCUT2D eigenvalue weighted by molar-refractivity contribution is 8.01. The average molecular weight is 547 g/mol. The van der Waals surface area contributed by atoms with E-state index in [-0.39, 0.29) is 36.5 Å². The molecule has 10 heteroatoms. The Morgan fingerprint density at radius 3 is 1.38 bits per heavy atom. The predicted molar refractivity (Wildman–Crippen MR) is 150 cm³/mol. The van der Waals surface area contributed by atoms with Crippen molar-refractivity contribution in [2.45, 2.75) is 44.6 Å². The summed E-state index contributed by atoms with van der Waals surface area (Å²) in [5.41, 5.74) is 3.62. The van der Waals surface area contributed by atoms with E-state index < -0.39 is 22.4 Å². The van der Waals surface area contributed by atoms with Crippen LogP contribution >= 0.6 is 23.5 Å². The molecule has 0 spiro atoms. The molecule has 0 saturated heterocycles. The second-order valence-corrected chi connectivity index (χ2v) is 11.1. The Labute approximate surface area is 226 Å². The van der Waals surface area contributed by atoms with Crippen molar-refractivity contribution >= 4 is 58.7 Å². The molecule has 2 atom stereocenters. The highest BCUT2D eigenvalue weighted by Crippen LogP contribution is 2.16. The first-order valence-corrected chi connectivity index (χ1v) is 14.0. The largest absolute Gasteiger partial charge is 0.465 e. The van der Waals surface area contributed by atoms with Crippen LogP contribution in [-0.2, 0) is 28.7 Å². The van der Waals surface area contributed by atoms with E-state index in [4.69, 9.17) is 9.47 Å². The fourth-order valence-electron chi connectivity index (χ4n) is 2.84. The molecule has 0 aliphatic rings. The predicted octanol–water partition coefficient (Wildman–Crippen LogP) is 4.60. The normalized spacial score (nSPS) is 12.2. The molecule has 0 bridgehead atoms. The lowest BCUT2D eigenvalue weighted by Crippen LogP contribution is -2.23. The number of hydrogen-bond acceptors (Lipinski definition) is 8. The van der Waals surface area contributed by atoms with Crippen LogP contribution in [0.25, 0.3) is 0 Å². The number of carbonyl (C=O) groups is 4. The highest BCUT2D eigenvalue weighted by Gasteiger charge is 2.18. The third-order valence-electron chi connectivity index (χ3n) is 5.04. The smallest absolute Gasteiger partial charge is 0.318 e. The quantitative estimate of drug-likeness (QED) is 0.261. The fourth-order valence-corrected chi connectivity index (χ4v) is 4.20. The number of amides is 2. The molecule has 2 amide bonds. The van der Waals surface area contributed by atoms with E-state index in [9.17, 15) is 19.2 Å². The zero-order valence-electron chi connectivity index (χ0n) is 21.6. The summed E-state index contributed by atoms with van der Waals surface area (Å²) in [6.07, 6.45) is 0.355. The van der Waals surface area contributed by atoms with E-state index in [1.807, 2.05) is 62.4 Å². The SMILES string of the molecule is Cc1ccc(NC(=O)CS[C@@H](C)C(=O)OCCCOC(=O)[C@@H](C)SCC(=O)Nc2ccc(C)cc2)cc1. The lowest BCUT2D eigenvalue weighted by Gasteiger charge is -2.13. The molecule has 37 heavy (non-hydrogen) atoms. The Hall–Kier alpha value is -2.98. The number of rotatable bonds is 14. The first kappa shape index (κ1) is 30.2. The van der Waals surface area contributed by atoms with Crippen LogP contribution in [-0.4, -0.2) is 59.0 Å². The lowest BCUT2D eigenvalue weighted by atomic mass is 10.2. The summed E-state index contributed by atoms with van der Waals surface area (Å²) in [4.78, 5) is 48.4. The number of nitrogens with one attached hydrogen (secondary N) is 2. The molecule has 0 aromatic heterocycles. The van der Waals surface area contributed by atoms with Crippen molar-refractivity contribution in [2.75, 3.05) is 35.4 Å². The van der Waals surface area contributed by atoms with E-state index >= 15 is 0 Å². The van der Waals surface area contributed by atoms with E-state index in [1.165, 1.54) is 23.5 Å².